The molecule has 1 fully saturated rings. The number of hydrogen-bond donors (Lipinski definition) is 6. The maximum Gasteiger partial charge on any atom is 0.397 e. The van der Waals surface area contributed by atoms with Gasteiger partial charge in [-0.05, 0) is 44.9 Å². The van der Waals surface area contributed by atoms with Crippen molar-refractivity contribution in [3.05, 3.63) is 24.3 Å². The van der Waals surface area contributed by atoms with Gasteiger partial charge in [0.1, 0.15) is 24.4 Å². The number of rotatable bonds is 52. The van der Waals surface area contributed by atoms with Gasteiger partial charge in [0.25, 0.3) is 0 Å². The Bertz CT molecular complexity index is 1350. The Morgan fingerprint density at radius 3 is 1.27 bits per heavy atom. The first-order chi connectivity index (χ1) is 34.5. The number of carbonyl (C=O) groups is 1. The number of aliphatic hydroxyl groups excluding tert-OH is 4. The zero-order valence-corrected chi connectivity index (χ0v) is 46.4. The molecule has 0 aromatic carbocycles. The second-order valence-electron chi connectivity index (χ2n) is 20.9. The largest absolute Gasteiger partial charge is 0.397 e. The van der Waals surface area contributed by atoms with E-state index in [0.29, 0.717) is 6.42 Å². The van der Waals surface area contributed by atoms with E-state index in [-0.39, 0.29) is 18.9 Å². The van der Waals surface area contributed by atoms with Crippen molar-refractivity contribution in [2.75, 3.05) is 13.2 Å². The molecule has 71 heavy (non-hydrogen) atoms. The van der Waals surface area contributed by atoms with E-state index in [4.69, 9.17) is 9.47 Å². The lowest BCUT2D eigenvalue weighted by Gasteiger charge is -2.41. The molecule has 12 nitrogen and oxygen atoms in total. The van der Waals surface area contributed by atoms with Gasteiger partial charge in [-0.1, -0.05) is 256 Å². The van der Waals surface area contributed by atoms with E-state index < -0.39 is 59.9 Å². The molecule has 0 spiro atoms. The Morgan fingerprint density at radius 2 is 0.901 bits per heavy atom. The summed E-state index contributed by atoms with van der Waals surface area (Å²) in [5.74, 6) is -0.263. The van der Waals surface area contributed by atoms with Crippen LogP contribution in [0.2, 0.25) is 0 Å². The van der Waals surface area contributed by atoms with Gasteiger partial charge in [0.15, 0.2) is 6.29 Å². The predicted octanol–water partition coefficient (Wildman–Crippen LogP) is 14.0. The van der Waals surface area contributed by atoms with E-state index >= 15 is 0 Å². The zero-order chi connectivity index (χ0) is 51.9. The summed E-state index contributed by atoms with van der Waals surface area (Å²) in [7, 11) is -5.09. The number of amides is 1. The summed E-state index contributed by atoms with van der Waals surface area (Å²) in [6.45, 7) is 3.43. The standard InChI is InChI=1S/C58H111NO11S/c1-3-5-7-9-11-13-15-17-19-21-23-25-26-27-28-29-31-33-35-37-39-41-43-45-47-52(61)51(50-68-58-56(64)57(70-71(65,66)67)55(63)53(49-60)69-58)59-54(62)48-46-44-42-40-38-36-34-32-30-24-22-20-18-16-14-12-10-8-6-4-2/h24,30,45,47,51-53,55-58,60-61,63-64H,3-23,25-29,31-44,46,48-50H2,1-2H3,(H,59,62)(H,65,66,67)/b30-24-,47-45+. The quantitative estimate of drug-likeness (QED) is 0.0193. The minimum atomic E-state index is -5.09. The van der Waals surface area contributed by atoms with Crippen LogP contribution in [-0.2, 0) is 28.9 Å². The lowest BCUT2D eigenvalue weighted by atomic mass is 9.99. The molecule has 6 N–H and O–H groups in total. The first-order valence-corrected chi connectivity index (χ1v) is 31.1. The highest BCUT2D eigenvalue weighted by atomic mass is 32.3. The highest BCUT2D eigenvalue weighted by Gasteiger charge is 2.48. The summed E-state index contributed by atoms with van der Waals surface area (Å²) in [6, 6.07) is -0.946. The van der Waals surface area contributed by atoms with Crippen LogP contribution in [0.25, 0.3) is 0 Å². The summed E-state index contributed by atoms with van der Waals surface area (Å²) in [6.07, 6.45) is 50.8. The molecule has 0 saturated carbocycles. The Hall–Kier alpha value is -1.42. The van der Waals surface area contributed by atoms with Gasteiger partial charge in [-0.2, -0.15) is 8.42 Å². The molecule has 0 aromatic rings. The van der Waals surface area contributed by atoms with Crippen LogP contribution in [-0.4, -0.2) is 95.4 Å². The molecule has 1 saturated heterocycles. The van der Waals surface area contributed by atoms with Crippen molar-refractivity contribution in [2.45, 2.75) is 326 Å². The molecule has 0 bridgehead atoms. The van der Waals surface area contributed by atoms with Crippen molar-refractivity contribution < 1.29 is 51.8 Å². The van der Waals surface area contributed by atoms with E-state index in [0.717, 1.165) is 44.9 Å². The van der Waals surface area contributed by atoms with Crippen LogP contribution < -0.4 is 5.32 Å². The van der Waals surface area contributed by atoms with Gasteiger partial charge in [0.05, 0.1) is 25.4 Å². The summed E-state index contributed by atoms with van der Waals surface area (Å²) < 4.78 is 47.9. The van der Waals surface area contributed by atoms with Gasteiger partial charge in [-0.25, -0.2) is 4.18 Å². The molecule has 0 aliphatic carbocycles. The second kappa shape index (κ2) is 48.2. The molecule has 0 radical (unpaired) electrons. The second-order valence-corrected chi connectivity index (χ2v) is 22.0. The van der Waals surface area contributed by atoms with Gasteiger partial charge in [0.2, 0.25) is 5.91 Å². The highest BCUT2D eigenvalue weighted by molar-refractivity contribution is 7.80. The van der Waals surface area contributed by atoms with Crippen molar-refractivity contribution in [1.82, 2.24) is 5.32 Å². The molecule has 0 aromatic heterocycles. The van der Waals surface area contributed by atoms with Crippen molar-refractivity contribution in [3.8, 4) is 0 Å². The summed E-state index contributed by atoms with van der Waals surface area (Å²) in [5.41, 5.74) is 0. The smallest absolute Gasteiger partial charge is 0.394 e. The van der Waals surface area contributed by atoms with E-state index in [1.54, 1.807) is 6.08 Å². The maximum absolute atomic E-state index is 13.1. The number of carbonyl (C=O) groups excluding carboxylic acids is 1. The lowest BCUT2D eigenvalue weighted by Crippen LogP contribution is -2.61. The molecule has 1 rings (SSSR count). The number of ether oxygens (including phenoxy) is 2. The fraction of sp³-hybridized carbons (Fsp3) is 0.914. The monoisotopic (exact) mass is 1030 g/mol. The maximum atomic E-state index is 13.1. The molecule has 1 amide bonds. The molecule has 7 unspecified atom stereocenters. The van der Waals surface area contributed by atoms with Crippen LogP contribution in [0.1, 0.15) is 284 Å². The topological polar surface area (TPSA) is 192 Å². The van der Waals surface area contributed by atoms with Crippen LogP contribution in [0.5, 0.6) is 0 Å². The van der Waals surface area contributed by atoms with Gasteiger partial charge in [0, 0.05) is 6.42 Å². The fourth-order valence-electron chi connectivity index (χ4n) is 9.63. The van der Waals surface area contributed by atoms with Crippen molar-refractivity contribution in [2.24, 2.45) is 0 Å². The molecule has 1 aliphatic rings. The van der Waals surface area contributed by atoms with Crippen LogP contribution in [0.4, 0.5) is 0 Å². The SMILES string of the molecule is CCCCCCCCCCC/C=C\CCCCCCCCCC(=O)NC(COC1OC(CO)C(O)C(OS(=O)(=O)O)C1O)C(O)/C=C/CCCCCCCCCCCCCCCCCCCCCCCC. The highest BCUT2D eigenvalue weighted by Crippen LogP contribution is 2.26. The normalized spacial score (nSPS) is 19.6. The van der Waals surface area contributed by atoms with Crippen molar-refractivity contribution in [1.29, 1.82) is 0 Å². The van der Waals surface area contributed by atoms with E-state index in [2.05, 4.69) is 35.5 Å². The molecule has 13 heteroatoms. The number of aliphatic hydroxyl groups is 4. The molecule has 420 valence electrons. The van der Waals surface area contributed by atoms with Crippen LogP contribution in [0.3, 0.4) is 0 Å². The average Bonchev–Trinajstić information content (AvgIpc) is 3.34. The van der Waals surface area contributed by atoms with Crippen LogP contribution >= 0.6 is 0 Å². The first-order valence-electron chi connectivity index (χ1n) is 29.7. The third kappa shape index (κ3) is 40.6. The number of nitrogens with one attached hydrogen (secondary N) is 1. The number of allylic oxidation sites excluding steroid dienone is 3. The fourth-order valence-corrected chi connectivity index (χ4v) is 10.1. The third-order valence-corrected chi connectivity index (χ3v) is 14.7. The third-order valence-electron chi connectivity index (χ3n) is 14.2. The minimum absolute atomic E-state index is 0.263. The Labute approximate surface area is 435 Å². The van der Waals surface area contributed by atoms with E-state index in [9.17, 15) is 38.2 Å². The van der Waals surface area contributed by atoms with Gasteiger partial charge >= 0.3 is 10.4 Å². The van der Waals surface area contributed by atoms with E-state index in [1.807, 2.05) is 6.08 Å². The van der Waals surface area contributed by atoms with Crippen molar-refractivity contribution in [3.63, 3.8) is 0 Å². The first kappa shape index (κ1) is 67.6. The summed E-state index contributed by atoms with van der Waals surface area (Å²) in [5, 5.41) is 45.0. The predicted molar refractivity (Wildman–Crippen MR) is 292 cm³/mol. The molecular formula is C58H111NO11S. The number of hydrogen-bond acceptors (Lipinski definition) is 10. The van der Waals surface area contributed by atoms with E-state index in [1.165, 1.54) is 212 Å². The summed E-state index contributed by atoms with van der Waals surface area (Å²) in [4.78, 5) is 13.1. The zero-order valence-electron chi connectivity index (χ0n) is 45.6. The van der Waals surface area contributed by atoms with Crippen molar-refractivity contribution >= 4 is 16.3 Å². The molecule has 1 aliphatic heterocycles. The van der Waals surface area contributed by atoms with Crippen LogP contribution in [0.15, 0.2) is 24.3 Å². The average molecular weight is 1030 g/mol. The Morgan fingerprint density at radius 1 is 0.549 bits per heavy atom. The molecular weight excluding hydrogens is 919 g/mol. The number of unbranched alkanes of at least 4 members (excludes halogenated alkanes) is 38. The van der Waals surface area contributed by atoms with Gasteiger partial charge in [-0.15, -0.1) is 0 Å². The Kier molecular flexibility index (Phi) is 45.9. The summed E-state index contributed by atoms with van der Waals surface area (Å²) >= 11 is 0. The molecule has 1 heterocycles. The lowest BCUT2D eigenvalue weighted by molar-refractivity contribution is -0.298. The Balaban J connectivity index is 2.37. The van der Waals surface area contributed by atoms with Crippen LogP contribution in [0, 0.1) is 0 Å². The minimum Gasteiger partial charge on any atom is -0.394 e. The van der Waals surface area contributed by atoms with Gasteiger partial charge in [-0.3, -0.25) is 9.35 Å². The van der Waals surface area contributed by atoms with Gasteiger partial charge < -0.3 is 35.2 Å². The molecule has 7 atom stereocenters.